The Bertz CT molecular complexity index is 3240. The third-order valence-electron chi connectivity index (χ3n) is 11.3. The molecule has 0 amide bonds. The first-order valence-corrected chi connectivity index (χ1v) is 21.3. The van der Waals surface area contributed by atoms with Crippen LogP contribution in [0.4, 0.5) is 5.69 Å². The van der Waals surface area contributed by atoms with Crippen molar-refractivity contribution in [3.63, 3.8) is 0 Å². The van der Waals surface area contributed by atoms with Gasteiger partial charge >= 0.3 is 0 Å². The zero-order chi connectivity index (χ0) is 34.9. The Morgan fingerprint density at radius 2 is 1.23 bits per heavy atom. The molecular weight excluding hydrogens is 669 g/mol. The lowest BCUT2D eigenvalue weighted by Gasteiger charge is -2.19. The molecule has 0 spiro atoms. The second-order valence-corrected chi connectivity index (χ2v) is 19.7. The van der Waals surface area contributed by atoms with Crippen molar-refractivity contribution in [3.05, 3.63) is 150 Å². The quantitative estimate of drug-likeness (QED) is 0.131. The first-order chi connectivity index (χ1) is 25.4. The molecule has 11 rings (SSSR count). The number of nitrogens with zero attached hydrogens (tertiary/aromatic N) is 4. The Hall–Kier alpha value is -6.44. The van der Waals surface area contributed by atoms with E-state index in [2.05, 4.69) is 130 Å². The van der Waals surface area contributed by atoms with Gasteiger partial charge < -0.3 is 9.13 Å². The van der Waals surface area contributed by atoms with E-state index >= 15 is 0 Å². The van der Waals surface area contributed by atoms with Gasteiger partial charge in [0.1, 0.15) is 8.07 Å². The predicted octanol–water partition coefficient (Wildman–Crippen LogP) is 11.5. The van der Waals surface area contributed by atoms with Crippen LogP contribution in [0, 0.1) is 17.9 Å². The lowest BCUT2D eigenvalue weighted by molar-refractivity contribution is 1.18. The highest BCUT2D eigenvalue weighted by Gasteiger charge is 2.38. The Labute approximate surface area is 304 Å². The summed E-state index contributed by atoms with van der Waals surface area (Å²) < 4.78 is 7.42. The Kier molecular flexibility index (Phi) is 5.81. The fourth-order valence-corrected chi connectivity index (χ4v) is 13.2. The zero-order valence-corrected chi connectivity index (χ0v) is 30.2. The van der Waals surface area contributed by atoms with Crippen molar-refractivity contribution < 1.29 is 0 Å². The van der Waals surface area contributed by atoms with E-state index in [4.69, 9.17) is 6.57 Å². The highest BCUT2D eigenvalue weighted by Crippen LogP contribution is 2.44. The maximum Gasteiger partial charge on any atom is 0.188 e. The van der Waals surface area contributed by atoms with Crippen molar-refractivity contribution in [2.24, 2.45) is 0 Å². The van der Waals surface area contributed by atoms with Crippen LogP contribution in [0.5, 0.6) is 0 Å². The first kappa shape index (κ1) is 29.3. The first-order valence-electron chi connectivity index (χ1n) is 17.4. The molecule has 0 saturated heterocycles. The van der Waals surface area contributed by atoms with E-state index in [1.807, 2.05) is 47.7 Å². The smallest absolute Gasteiger partial charge is 0.188 e. The van der Waals surface area contributed by atoms with Gasteiger partial charge in [0.05, 0.1) is 45.0 Å². The Morgan fingerprint density at radius 3 is 1.98 bits per heavy atom. The summed E-state index contributed by atoms with van der Waals surface area (Å²) in [7, 11) is -1.99. The molecule has 0 N–H and O–H groups in total. The molecule has 6 heteroatoms. The van der Waals surface area contributed by atoms with E-state index in [-0.39, 0.29) is 0 Å². The average molecular weight is 697 g/mol. The second-order valence-electron chi connectivity index (χ2n) is 14.4. The highest BCUT2D eigenvalue weighted by atomic mass is 32.1. The van der Waals surface area contributed by atoms with Gasteiger partial charge in [0.2, 0.25) is 0 Å². The number of hydrogen-bond acceptors (Lipinski definition) is 2. The number of thiophene rings is 1. The summed E-state index contributed by atoms with van der Waals surface area (Å²) in [6.45, 7) is 12.6. The fraction of sp³-hybridized carbons (Fsp3) is 0.0435. The van der Waals surface area contributed by atoms with Gasteiger partial charge in [-0.1, -0.05) is 79.8 Å². The molecule has 4 nitrogen and oxygen atoms in total. The van der Waals surface area contributed by atoms with Crippen molar-refractivity contribution in [3.8, 4) is 28.6 Å². The molecule has 52 heavy (non-hydrogen) atoms. The van der Waals surface area contributed by atoms with Gasteiger partial charge in [0.15, 0.2) is 5.69 Å². The average Bonchev–Trinajstić information content (AvgIpc) is 3.89. The monoisotopic (exact) mass is 696 g/mol. The summed E-state index contributed by atoms with van der Waals surface area (Å²) in [6, 6.07) is 50.4. The molecule has 0 aliphatic carbocycles. The van der Waals surface area contributed by atoms with Crippen LogP contribution < -0.4 is 10.4 Å². The van der Waals surface area contributed by atoms with Crippen LogP contribution in [-0.2, 0) is 0 Å². The number of benzene rings is 7. The summed E-state index contributed by atoms with van der Waals surface area (Å²) >= 11 is 1.88. The number of fused-ring (bicyclic) bond motifs is 13. The molecule has 1 aliphatic rings. The van der Waals surface area contributed by atoms with Crippen molar-refractivity contribution >= 4 is 99.3 Å². The van der Waals surface area contributed by atoms with Gasteiger partial charge in [-0.2, -0.15) is 5.26 Å². The van der Waals surface area contributed by atoms with Crippen LogP contribution in [0.25, 0.3) is 91.1 Å². The molecule has 10 aromatic rings. The van der Waals surface area contributed by atoms with Crippen molar-refractivity contribution in [1.82, 2.24) is 9.13 Å². The highest BCUT2D eigenvalue weighted by molar-refractivity contribution is 7.26. The molecular formula is C46H28N4SSi. The molecule has 0 radical (unpaired) electrons. The van der Waals surface area contributed by atoms with Crippen molar-refractivity contribution in [1.29, 1.82) is 5.26 Å². The molecule has 0 bridgehead atoms. The van der Waals surface area contributed by atoms with E-state index < -0.39 is 8.07 Å². The van der Waals surface area contributed by atoms with Crippen LogP contribution >= 0.6 is 11.3 Å². The minimum atomic E-state index is -1.99. The largest absolute Gasteiger partial charge is 0.309 e. The van der Waals surface area contributed by atoms with Crippen LogP contribution in [0.2, 0.25) is 13.1 Å². The minimum Gasteiger partial charge on any atom is -0.309 e. The van der Waals surface area contributed by atoms with Crippen LogP contribution in [0.3, 0.4) is 0 Å². The van der Waals surface area contributed by atoms with Gasteiger partial charge in [-0.3, -0.25) is 0 Å². The molecule has 0 saturated carbocycles. The normalized spacial score (nSPS) is 13.3. The number of nitriles is 1. The molecule has 4 heterocycles. The van der Waals surface area contributed by atoms with Crippen LogP contribution in [-0.4, -0.2) is 17.2 Å². The topological polar surface area (TPSA) is 38.0 Å². The van der Waals surface area contributed by atoms with Gasteiger partial charge in [-0.05, 0) is 93.6 Å². The maximum atomic E-state index is 9.73. The number of aromatic nitrogens is 2. The third kappa shape index (κ3) is 3.78. The SMILES string of the molecule is [C-]#[N+]c1ccc2c(c1)c1cc(C#N)ccc1n2-c1ccc2c(c1)-c1cc(-n3c4ccccc4c4ccc5c6ccccc6sc5c43)ccc1[Si]2(C)C. The van der Waals surface area contributed by atoms with E-state index in [9.17, 15) is 5.26 Å². The maximum absolute atomic E-state index is 9.73. The predicted molar refractivity (Wildman–Crippen MR) is 221 cm³/mol. The summed E-state index contributed by atoms with van der Waals surface area (Å²) in [5.74, 6) is 0. The zero-order valence-electron chi connectivity index (χ0n) is 28.4. The molecule has 0 fully saturated rings. The molecule has 242 valence electrons. The van der Waals surface area contributed by atoms with Crippen molar-refractivity contribution in [2.75, 3.05) is 0 Å². The fourth-order valence-electron chi connectivity index (χ4n) is 8.95. The van der Waals surface area contributed by atoms with Crippen molar-refractivity contribution in [2.45, 2.75) is 13.1 Å². The third-order valence-corrected chi connectivity index (χ3v) is 16.1. The summed E-state index contributed by atoms with van der Waals surface area (Å²) in [4.78, 5) is 3.71. The number of hydrogen-bond donors (Lipinski definition) is 0. The van der Waals surface area contributed by atoms with Gasteiger partial charge in [-0.15, -0.1) is 11.3 Å². The standard InChI is InChI=1S/C46H28N4SSi/c1-48-28-13-19-41-36(23-28)35-22-27(26-47)12-18-40(35)49(41)29-14-20-43-37(24-29)38-25-30(15-21-44(38)52(43,2)3)50-39-10-6-4-8-31(39)33-16-17-34-32-9-5-7-11-42(32)51-46(34)45(33)50/h4-25H,2-3H3. The summed E-state index contributed by atoms with van der Waals surface area (Å²) in [6.07, 6.45) is 0. The van der Waals surface area contributed by atoms with Gasteiger partial charge in [0, 0.05) is 43.0 Å². The Morgan fingerprint density at radius 1 is 0.596 bits per heavy atom. The summed E-state index contributed by atoms with van der Waals surface area (Å²) in [5, 5.41) is 19.8. The lowest BCUT2D eigenvalue weighted by Crippen LogP contribution is -2.49. The Balaban J connectivity index is 1.17. The molecule has 0 atom stereocenters. The van der Waals surface area contributed by atoms with E-state index in [1.165, 1.54) is 69.2 Å². The van der Waals surface area contributed by atoms with Gasteiger partial charge in [0.25, 0.3) is 0 Å². The molecule has 0 unspecified atom stereocenters. The molecule has 7 aromatic carbocycles. The minimum absolute atomic E-state index is 0.593. The van der Waals surface area contributed by atoms with E-state index in [1.54, 1.807) is 0 Å². The van der Waals surface area contributed by atoms with Gasteiger partial charge in [-0.25, -0.2) is 4.85 Å². The van der Waals surface area contributed by atoms with Crippen LogP contribution in [0.15, 0.2) is 133 Å². The molecule has 1 aliphatic heterocycles. The second kappa shape index (κ2) is 10.3. The lowest BCUT2D eigenvalue weighted by atomic mass is 10.0. The van der Waals surface area contributed by atoms with E-state index in [0.717, 1.165) is 27.5 Å². The number of para-hydroxylation sites is 1. The van der Waals surface area contributed by atoms with E-state index in [0.29, 0.717) is 11.3 Å². The molecule has 3 aromatic heterocycles. The number of rotatable bonds is 2. The summed E-state index contributed by atoms with van der Waals surface area (Å²) in [5.41, 5.74) is 10.6. The van der Waals surface area contributed by atoms with Crippen LogP contribution in [0.1, 0.15) is 5.56 Å².